The fraction of sp³-hybridized carbons (Fsp3) is 0.0263. The van der Waals surface area contributed by atoms with Crippen LogP contribution in [0.15, 0.2) is 146 Å². The molecule has 0 amide bonds. The van der Waals surface area contributed by atoms with Gasteiger partial charge in [0, 0.05) is 34.9 Å². The number of pyridine rings is 1. The Morgan fingerprint density at radius 1 is 0.575 bits per heavy atom. The summed E-state index contributed by atoms with van der Waals surface area (Å²) in [6.45, 7) is 0.658. The second-order valence-electron chi connectivity index (χ2n) is 10.0. The lowest BCUT2D eigenvalue weighted by atomic mass is 9.88. The molecule has 2 nitrogen and oxygen atoms in total. The minimum atomic E-state index is 0.658. The molecule has 6 aromatic carbocycles. The first-order valence-electron chi connectivity index (χ1n) is 13.7. The van der Waals surface area contributed by atoms with Crippen molar-refractivity contribution in [3.8, 4) is 11.1 Å². The van der Waals surface area contributed by atoms with Gasteiger partial charge in [-0.3, -0.25) is 4.98 Å². The molecule has 0 radical (unpaired) electrons. The lowest BCUT2D eigenvalue weighted by molar-refractivity contribution is 1.32. The Labute approximate surface area is 234 Å². The summed E-state index contributed by atoms with van der Waals surface area (Å²) in [5.74, 6) is 0. The van der Waals surface area contributed by atoms with Crippen molar-refractivity contribution in [1.82, 2.24) is 4.98 Å². The van der Waals surface area contributed by atoms with Gasteiger partial charge in [0.15, 0.2) is 0 Å². The van der Waals surface area contributed by atoms with E-state index in [-0.39, 0.29) is 0 Å². The second-order valence-corrected chi connectivity index (χ2v) is 10.0. The van der Waals surface area contributed by atoms with Gasteiger partial charge in [0.1, 0.15) is 0 Å². The van der Waals surface area contributed by atoms with Crippen LogP contribution in [0.1, 0.15) is 11.1 Å². The highest BCUT2D eigenvalue weighted by molar-refractivity contribution is 6.09. The quantitative estimate of drug-likeness (QED) is 0.240. The molecule has 0 saturated carbocycles. The van der Waals surface area contributed by atoms with Crippen LogP contribution in [0.4, 0.5) is 5.69 Å². The number of nitrogens with zero attached hydrogens (tertiary/aromatic N) is 1. The number of nitrogens with one attached hydrogen (secondary N) is 1. The van der Waals surface area contributed by atoms with Gasteiger partial charge in [-0.1, -0.05) is 121 Å². The van der Waals surface area contributed by atoms with Crippen molar-refractivity contribution < 1.29 is 0 Å². The average Bonchev–Trinajstić information content (AvgIpc) is 3.03. The Kier molecular flexibility index (Phi) is 6.27. The molecule has 40 heavy (non-hydrogen) atoms. The summed E-state index contributed by atoms with van der Waals surface area (Å²) in [5, 5.41) is 9.77. The van der Waals surface area contributed by atoms with Gasteiger partial charge in [0.25, 0.3) is 0 Å². The molecule has 7 aromatic rings. The molecule has 1 N–H and O–H groups in total. The van der Waals surface area contributed by atoms with Crippen LogP contribution in [0.5, 0.6) is 0 Å². The van der Waals surface area contributed by atoms with Crippen LogP contribution in [0, 0.1) is 0 Å². The van der Waals surface area contributed by atoms with Crippen LogP contribution >= 0.6 is 0 Å². The largest absolute Gasteiger partial charge is 0.381 e. The first-order chi connectivity index (χ1) is 19.8. The summed E-state index contributed by atoms with van der Waals surface area (Å²) < 4.78 is 0. The first kappa shape index (κ1) is 23.9. The zero-order valence-corrected chi connectivity index (χ0v) is 22.1. The number of rotatable bonds is 6. The highest BCUT2D eigenvalue weighted by Crippen LogP contribution is 2.39. The maximum absolute atomic E-state index is 4.96. The fourth-order valence-corrected chi connectivity index (χ4v) is 5.66. The minimum Gasteiger partial charge on any atom is -0.381 e. The number of anilines is 1. The van der Waals surface area contributed by atoms with E-state index >= 15 is 0 Å². The lowest BCUT2D eigenvalue weighted by Gasteiger charge is -2.19. The van der Waals surface area contributed by atoms with Gasteiger partial charge >= 0.3 is 0 Å². The molecule has 0 bridgehead atoms. The maximum Gasteiger partial charge on any atom is 0.0708 e. The lowest BCUT2D eigenvalue weighted by Crippen LogP contribution is -2.06. The van der Waals surface area contributed by atoms with Crippen molar-refractivity contribution in [3.05, 3.63) is 157 Å². The van der Waals surface area contributed by atoms with Crippen LogP contribution in [0.2, 0.25) is 0 Å². The molecule has 1 aromatic heterocycles. The summed E-state index contributed by atoms with van der Waals surface area (Å²) in [5.41, 5.74) is 8.02. The average molecular weight is 513 g/mol. The Morgan fingerprint density at radius 2 is 1.20 bits per heavy atom. The number of hydrogen-bond donors (Lipinski definition) is 1. The van der Waals surface area contributed by atoms with Crippen molar-refractivity contribution in [1.29, 1.82) is 0 Å². The molecule has 0 saturated heterocycles. The fourth-order valence-electron chi connectivity index (χ4n) is 5.66. The molecule has 0 aliphatic heterocycles. The predicted octanol–water partition coefficient (Wildman–Crippen LogP) is 9.86. The highest BCUT2D eigenvalue weighted by Gasteiger charge is 2.17. The first-order valence-corrected chi connectivity index (χ1v) is 13.7. The third-order valence-electron chi connectivity index (χ3n) is 7.59. The van der Waals surface area contributed by atoms with E-state index in [1.807, 2.05) is 6.07 Å². The van der Waals surface area contributed by atoms with Gasteiger partial charge in [-0.05, 0) is 62.5 Å². The summed E-state index contributed by atoms with van der Waals surface area (Å²) in [6, 6.07) is 49.2. The topological polar surface area (TPSA) is 24.9 Å². The molecule has 0 aliphatic rings. The summed E-state index contributed by atoms with van der Waals surface area (Å²) >= 11 is 0. The van der Waals surface area contributed by atoms with E-state index in [1.54, 1.807) is 0 Å². The molecule has 2 heteroatoms. The SMILES string of the molecule is C(=C(/CNc1ccccc1)c1cnc2ccccc2c1-c1cccc2ccccc12)/c1cccc2ccccc12. The molecule has 7 rings (SSSR count). The van der Waals surface area contributed by atoms with E-state index in [1.165, 1.54) is 43.8 Å². The van der Waals surface area contributed by atoms with Gasteiger partial charge in [-0.25, -0.2) is 0 Å². The van der Waals surface area contributed by atoms with Crippen molar-refractivity contribution in [2.24, 2.45) is 0 Å². The van der Waals surface area contributed by atoms with E-state index in [4.69, 9.17) is 4.98 Å². The molecule has 0 unspecified atom stereocenters. The normalized spacial score (nSPS) is 11.8. The summed E-state index contributed by atoms with van der Waals surface area (Å²) in [7, 11) is 0. The molecule has 0 atom stereocenters. The molecular formula is C38H28N2. The van der Waals surface area contributed by atoms with E-state index in [9.17, 15) is 0 Å². The summed E-state index contributed by atoms with van der Waals surface area (Å²) in [6.07, 6.45) is 4.39. The van der Waals surface area contributed by atoms with E-state index in [0.29, 0.717) is 6.54 Å². The highest BCUT2D eigenvalue weighted by atomic mass is 14.9. The van der Waals surface area contributed by atoms with Crippen LogP contribution in [-0.4, -0.2) is 11.5 Å². The third kappa shape index (κ3) is 4.50. The molecule has 0 aliphatic carbocycles. The molecule has 1 heterocycles. The number of hydrogen-bond acceptors (Lipinski definition) is 2. The number of aromatic nitrogens is 1. The maximum atomic E-state index is 4.96. The van der Waals surface area contributed by atoms with Crippen LogP contribution < -0.4 is 5.32 Å². The Hall–Kier alpha value is -5.21. The summed E-state index contributed by atoms with van der Waals surface area (Å²) in [4.78, 5) is 4.96. The zero-order valence-electron chi connectivity index (χ0n) is 22.1. The van der Waals surface area contributed by atoms with E-state index in [2.05, 4.69) is 151 Å². The van der Waals surface area contributed by atoms with E-state index < -0.39 is 0 Å². The second kappa shape index (κ2) is 10.5. The smallest absolute Gasteiger partial charge is 0.0708 e. The van der Waals surface area contributed by atoms with Gasteiger partial charge in [0.2, 0.25) is 0 Å². The molecule has 0 spiro atoms. The molecule has 0 fully saturated rings. The molecular weight excluding hydrogens is 484 g/mol. The van der Waals surface area contributed by atoms with Crippen molar-refractivity contribution in [2.45, 2.75) is 0 Å². The Bertz CT molecular complexity index is 1990. The monoisotopic (exact) mass is 512 g/mol. The van der Waals surface area contributed by atoms with Crippen molar-refractivity contribution in [2.75, 3.05) is 11.9 Å². The van der Waals surface area contributed by atoms with Gasteiger partial charge < -0.3 is 5.32 Å². The zero-order chi connectivity index (χ0) is 26.7. The number of para-hydroxylation sites is 2. The predicted molar refractivity (Wildman–Crippen MR) is 171 cm³/mol. The van der Waals surface area contributed by atoms with Gasteiger partial charge in [0.05, 0.1) is 5.52 Å². The van der Waals surface area contributed by atoms with Crippen molar-refractivity contribution >= 4 is 49.8 Å². The van der Waals surface area contributed by atoms with Crippen molar-refractivity contribution in [3.63, 3.8) is 0 Å². The third-order valence-corrected chi connectivity index (χ3v) is 7.59. The number of fused-ring (bicyclic) bond motifs is 3. The van der Waals surface area contributed by atoms with Crippen LogP contribution in [0.25, 0.3) is 55.2 Å². The molecule has 190 valence electrons. The van der Waals surface area contributed by atoms with Crippen LogP contribution in [0.3, 0.4) is 0 Å². The number of benzene rings is 6. The Morgan fingerprint density at radius 3 is 2.02 bits per heavy atom. The standard InChI is InChI=1S/C38H28N2/c1-2-17-31(18-3-1)39-25-30(24-29-16-10-14-27-12-4-6-19-32(27)29)36-26-40-37-23-9-8-21-35(37)38(36)34-22-11-15-28-13-5-7-20-33(28)34/h1-24,26,39H,25H2/b30-24+. The Balaban J connectivity index is 1.50. The van der Waals surface area contributed by atoms with Gasteiger partial charge in [-0.2, -0.15) is 0 Å². The minimum absolute atomic E-state index is 0.658. The van der Waals surface area contributed by atoms with Gasteiger partial charge in [-0.15, -0.1) is 0 Å². The van der Waals surface area contributed by atoms with Crippen LogP contribution in [-0.2, 0) is 0 Å². The van der Waals surface area contributed by atoms with E-state index in [0.717, 1.165) is 22.2 Å².